The van der Waals surface area contributed by atoms with E-state index in [2.05, 4.69) is 15.5 Å². The minimum atomic E-state index is -0.802. The highest BCUT2D eigenvalue weighted by Gasteiger charge is 2.39. The molecule has 1 amide bonds. The van der Waals surface area contributed by atoms with Gasteiger partial charge in [-0.25, -0.2) is 0 Å². The number of aromatic nitrogens is 2. The molecule has 0 bridgehead atoms. The lowest BCUT2D eigenvalue weighted by Crippen LogP contribution is -2.44. The molecule has 1 aliphatic rings. The zero-order valence-electron chi connectivity index (χ0n) is 13.0. The number of nitrogens with one attached hydrogen (secondary N) is 2. The van der Waals surface area contributed by atoms with Gasteiger partial charge in [0.25, 0.3) is 0 Å². The summed E-state index contributed by atoms with van der Waals surface area (Å²) in [5.41, 5.74) is 0.778. The number of fused-ring (bicyclic) bond motifs is 1. The van der Waals surface area contributed by atoms with Gasteiger partial charge in [-0.3, -0.25) is 14.7 Å². The maximum absolute atomic E-state index is 12.2. The molecule has 0 saturated heterocycles. The Kier molecular flexibility index (Phi) is 4.32. The summed E-state index contributed by atoms with van der Waals surface area (Å²) in [5, 5.41) is 20.3. The number of carbonyl (C=O) groups excluding carboxylic acids is 1. The van der Waals surface area contributed by atoms with Gasteiger partial charge in [0, 0.05) is 11.9 Å². The molecular weight excluding hydrogens is 294 g/mol. The van der Waals surface area contributed by atoms with Crippen LogP contribution >= 0.6 is 0 Å². The highest BCUT2D eigenvalue weighted by atomic mass is 16.4. The standard InChI is InChI=1S/C17H21N3O3/c21-15(10-14-12-6-2-3-7-13(12)19-20-14)18-11-17(16(22)23)8-4-1-5-9-17/h2-3,6-7H,1,4-5,8-11H2,(H,18,21)(H,19,20)(H,22,23). The van der Waals surface area contributed by atoms with Gasteiger partial charge in [0.2, 0.25) is 5.91 Å². The van der Waals surface area contributed by atoms with Crippen molar-refractivity contribution in [2.75, 3.05) is 6.54 Å². The van der Waals surface area contributed by atoms with Crippen molar-refractivity contribution in [2.24, 2.45) is 5.41 Å². The van der Waals surface area contributed by atoms with Gasteiger partial charge in [0.05, 0.1) is 23.0 Å². The second-order valence-corrected chi connectivity index (χ2v) is 6.32. The van der Waals surface area contributed by atoms with E-state index in [0.717, 1.165) is 35.9 Å². The van der Waals surface area contributed by atoms with Gasteiger partial charge in [-0.15, -0.1) is 0 Å². The zero-order chi connectivity index (χ0) is 16.3. The predicted molar refractivity (Wildman–Crippen MR) is 86.0 cm³/mol. The first kappa shape index (κ1) is 15.5. The van der Waals surface area contributed by atoms with Crippen LogP contribution in [-0.4, -0.2) is 33.7 Å². The van der Waals surface area contributed by atoms with Gasteiger partial charge in [0.15, 0.2) is 0 Å². The lowest BCUT2D eigenvalue weighted by Gasteiger charge is -2.33. The molecule has 2 aromatic rings. The van der Waals surface area contributed by atoms with Crippen LogP contribution < -0.4 is 5.32 Å². The molecule has 0 aliphatic heterocycles. The Morgan fingerprint density at radius 3 is 2.70 bits per heavy atom. The maximum Gasteiger partial charge on any atom is 0.311 e. The molecule has 1 aromatic heterocycles. The number of H-pyrrole nitrogens is 1. The number of hydrogen-bond acceptors (Lipinski definition) is 3. The molecule has 6 heteroatoms. The van der Waals surface area contributed by atoms with Crippen LogP contribution in [0.5, 0.6) is 0 Å². The van der Waals surface area contributed by atoms with E-state index in [1.54, 1.807) is 0 Å². The molecule has 0 unspecified atom stereocenters. The third-order valence-electron chi connectivity index (χ3n) is 4.77. The van der Waals surface area contributed by atoms with Crippen molar-refractivity contribution in [2.45, 2.75) is 38.5 Å². The van der Waals surface area contributed by atoms with Crippen LogP contribution in [0.3, 0.4) is 0 Å². The zero-order valence-corrected chi connectivity index (χ0v) is 13.0. The first-order valence-electron chi connectivity index (χ1n) is 8.03. The van der Waals surface area contributed by atoms with Gasteiger partial charge in [-0.05, 0) is 18.9 Å². The van der Waals surface area contributed by atoms with Crippen molar-refractivity contribution in [1.82, 2.24) is 15.5 Å². The molecular formula is C17H21N3O3. The van der Waals surface area contributed by atoms with Crippen LogP contribution in [0.25, 0.3) is 10.9 Å². The lowest BCUT2D eigenvalue weighted by molar-refractivity contribution is -0.151. The quantitative estimate of drug-likeness (QED) is 0.788. The summed E-state index contributed by atoms with van der Waals surface area (Å²) in [4.78, 5) is 23.8. The normalized spacial score (nSPS) is 17.0. The van der Waals surface area contributed by atoms with Crippen molar-refractivity contribution >= 4 is 22.8 Å². The lowest BCUT2D eigenvalue weighted by atomic mass is 9.74. The van der Waals surface area contributed by atoms with Crippen LogP contribution in [0.2, 0.25) is 0 Å². The van der Waals surface area contributed by atoms with Gasteiger partial charge >= 0.3 is 5.97 Å². The number of carbonyl (C=O) groups is 2. The predicted octanol–water partition coefficient (Wildman–Crippen LogP) is 2.26. The van der Waals surface area contributed by atoms with Crippen molar-refractivity contribution in [1.29, 1.82) is 0 Å². The van der Waals surface area contributed by atoms with Crippen molar-refractivity contribution in [3.63, 3.8) is 0 Å². The van der Waals surface area contributed by atoms with E-state index in [1.807, 2.05) is 24.3 Å². The van der Waals surface area contributed by atoms with Gasteiger partial charge in [-0.2, -0.15) is 5.10 Å². The van der Waals surface area contributed by atoms with E-state index in [4.69, 9.17) is 0 Å². The van der Waals surface area contributed by atoms with Crippen LogP contribution in [-0.2, 0) is 16.0 Å². The molecule has 1 fully saturated rings. The smallest absolute Gasteiger partial charge is 0.311 e. The number of para-hydroxylation sites is 1. The molecule has 1 aliphatic carbocycles. The molecule has 6 nitrogen and oxygen atoms in total. The summed E-state index contributed by atoms with van der Waals surface area (Å²) in [6.07, 6.45) is 4.34. The summed E-state index contributed by atoms with van der Waals surface area (Å²) in [6.45, 7) is 0.202. The number of rotatable bonds is 5. The number of carboxylic acid groups (broad SMARTS) is 1. The van der Waals surface area contributed by atoms with Gasteiger partial charge in [-0.1, -0.05) is 37.5 Å². The first-order chi connectivity index (χ1) is 11.1. The van der Waals surface area contributed by atoms with E-state index in [9.17, 15) is 14.7 Å². The number of aliphatic carboxylic acids is 1. The molecule has 3 N–H and O–H groups in total. The molecule has 122 valence electrons. The van der Waals surface area contributed by atoms with E-state index in [-0.39, 0.29) is 18.9 Å². The van der Waals surface area contributed by atoms with Crippen molar-refractivity contribution in [3.8, 4) is 0 Å². The molecule has 1 saturated carbocycles. The molecule has 1 heterocycles. The maximum atomic E-state index is 12.2. The Hall–Kier alpha value is -2.37. The van der Waals surface area contributed by atoms with E-state index < -0.39 is 11.4 Å². The summed E-state index contributed by atoms with van der Waals surface area (Å²) in [7, 11) is 0. The number of amides is 1. The highest BCUT2D eigenvalue weighted by Crippen LogP contribution is 2.36. The molecule has 0 atom stereocenters. The summed E-state index contributed by atoms with van der Waals surface area (Å²) < 4.78 is 0. The van der Waals surface area contributed by atoms with Crippen LogP contribution in [0.4, 0.5) is 0 Å². The topological polar surface area (TPSA) is 95.1 Å². The SMILES string of the molecule is O=C(Cc1[nH]nc2ccccc12)NCC1(C(=O)O)CCCCC1. The molecule has 23 heavy (non-hydrogen) atoms. The average Bonchev–Trinajstić information content (AvgIpc) is 2.97. The Morgan fingerprint density at radius 2 is 1.96 bits per heavy atom. The number of nitrogens with zero attached hydrogens (tertiary/aromatic N) is 1. The van der Waals surface area contributed by atoms with Gasteiger partial charge < -0.3 is 10.4 Å². The largest absolute Gasteiger partial charge is 0.481 e. The fourth-order valence-electron chi connectivity index (χ4n) is 3.33. The number of carboxylic acids is 1. The third-order valence-corrected chi connectivity index (χ3v) is 4.77. The summed E-state index contributed by atoms with van der Waals surface area (Å²) in [5.74, 6) is -0.977. The Morgan fingerprint density at radius 1 is 1.22 bits per heavy atom. The fraction of sp³-hybridized carbons (Fsp3) is 0.471. The van der Waals surface area contributed by atoms with Crippen LogP contribution in [0, 0.1) is 5.41 Å². The number of benzene rings is 1. The molecule has 1 aromatic carbocycles. The van der Waals surface area contributed by atoms with Crippen molar-refractivity contribution < 1.29 is 14.7 Å². The minimum Gasteiger partial charge on any atom is -0.481 e. The highest BCUT2D eigenvalue weighted by molar-refractivity contribution is 5.87. The van der Waals surface area contributed by atoms with Crippen LogP contribution in [0.1, 0.15) is 37.8 Å². The number of aromatic amines is 1. The average molecular weight is 315 g/mol. The fourth-order valence-corrected chi connectivity index (χ4v) is 3.33. The second kappa shape index (κ2) is 6.40. The first-order valence-corrected chi connectivity index (χ1v) is 8.03. The number of hydrogen-bond donors (Lipinski definition) is 3. The molecule has 0 spiro atoms. The molecule has 3 rings (SSSR count). The Labute approximate surface area is 134 Å². The van der Waals surface area contributed by atoms with E-state index in [0.29, 0.717) is 12.8 Å². The minimum absolute atomic E-state index is 0.175. The Bertz CT molecular complexity index is 717. The Balaban J connectivity index is 1.64. The van der Waals surface area contributed by atoms with Gasteiger partial charge in [0.1, 0.15) is 0 Å². The van der Waals surface area contributed by atoms with Crippen molar-refractivity contribution in [3.05, 3.63) is 30.0 Å². The summed E-state index contributed by atoms with van der Waals surface area (Å²) >= 11 is 0. The molecule has 0 radical (unpaired) electrons. The van der Waals surface area contributed by atoms with E-state index >= 15 is 0 Å². The summed E-state index contributed by atoms with van der Waals surface area (Å²) in [6, 6.07) is 7.60. The van der Waals surface area contributed by atoms with Crippen LogP contribution in [0.15, 0.2) is 24.3 Å². The monoisotopic (exact) mass is 315 g/mol. The second-order valence-electron chi connectivity index (χ2n) is 6.32. The third kappa shape index (κ3) is 3.21. The van der Waals surface area contributed by atoms with E-state index in [1.165, 1.54) is 0 Å².